The van der Waals surface area contributed by atoms with Gasteiger partial charge in [0.05, 0.1) is 23.6 Å². The van der Waals surface area contributed by atoms with Gasteiger partial charge in [-0.25, -0.2) is 0 Å². The Hall–Kier alpha value is -2.40. The summed E-state index contributed by atoms with van der Waals surface area (Å²) in [5.74, 6) is -0.137. The molecule has 0 saturated heterocycles. The van der Waals surface area contributed by atoms with E-state index in [0.717, 1.165) is 21.5 Å². The van der Waals surface area contributed by atoms with Crippen LogP contribution < -0.4 is 5.32 Å². The maximum Gasteiger partial charge on any atom is 0.255 e. The summed E-state index contributed by atoms with van der Waals surface area (Å²) in [5.41, 5.74) is 5.56. The Morgan fingerprint density at radius 1 is 1.12 bits per heavy atom. The second-order valence-corrected chi connectivity index (χ2v) is 7.07. The molecule has 1 heterocycles. The first kappa shape index (κ1) is 17.4. The van der Waals surface area contributed by atoms with E-state index in [0.29, 0.717) is 12.1 Å². The van der Waals surface area contributed by atoms with E-state index in [1.807, 2.05) is 30.7 Å². The lowest BCUT2D eigenvalue weighted by molar-refractivity contribution is 0.102. The maximum atomic E-state index is 12.5. The fourth-order valence-corrected chi connectivity index (χ4v) is 3.11. The van der Waals surface area contributed by atoms with E-state index < -0.39 is 0 Å². The zero-order valence-electron chi connectivity index (χ0n) is 14.5. The van der Waals surface area contributed by atoms with Crippen LogP contribution in [0, 0.1) is 20.8 Å². The van der Waals surface area contributed by atoms with E-state index in [1.54, 1.807) is 12.1 Å². The lowest BCUT2D eigenvalue weighted by Crippen LogP contribution is -2.13. The minimum Gasteiger partial charge on any atom is -0.319 e. The van der Waals surface area contributed by atoms with Crippen LogP contribution in [0.5, 0.6) is 0 Å². The molecule has 1 N–H and O–H groups in total. The van der Waals surface area contributed by atoms with Crippen LogP contribution in [-0.2, 0) is 6.54 Å². The van der Waals surface area contributed by atoms with Crippen LogP contribution in [0.4, 0.5) is 5.69 Å². The van der Waals surface area contributed by atoms with Crippen molar-refractivity contribution in [2.45, 2.75) is 27.3 Å². The van der Waals surface area contributed by atoms with Crippen LogP contribution in [0.15, 0.2) is 53.0 Å². The number of amides is 1. The van der Waals surface area contributed by atoms with E-state index >= 15 is 0 Å². The van der Waals surface area contributed by atoms with Gasteiger partial charge in [0, 0.05) is 10.0 Å². The largest absolute Gasteiger partial charge is 0.319 e. The number of halogens is 1. The molecule has 128 valence electrons. The number of carbonyl (C=O) groups is 1. The van der Waals surface area contributed by atoms with Crippen LogP contribution in [-0.4, -0.2) is 15.7 Å². The second-order valence-electron chi connectivity index (χ2n) is 6.15. The molecule has 0 atom stereocenters. The predicted octanol–water partition coefficient (Wildman–Crippen LogP) is 4.87. The minimum atomic E-state index is -0.137. The molecule has 25 heavy (non-hydrogen) atoms. The zero-order chi connectivity index (χ0) is 18.0. The number of nitrogens with zero attached hydrogens (tertiary/aromatic N) is 2. The molecule has 3 rings (SSSR count). The number of anilines is 1. The average molecular weight is 398 g/mol. The zero-order valence-corrected chi connectivity index (χ0v) is 16.1. The molecule has 2 aromatic carbocycles. The molecule has 1 aromatic heterocycles. The third-order valence-corrected chi connectivity index (χ3v) is 4.65. The lowest BCUT2D eigenvalue weighted by atomic mass is 10.1. The summed E-state index contributed by atoms with van der Waals surface area (Å²) in [6.07, 6.45) is 0. The smallest absolute Gasteiger partial charge is 0.255 e. The molecular weight excluding hydrogens is 378 g/mol. The van der Waals surface area contributed by atoms with Crippen LogP contribution >= 0.6 is 15.9 Å². The number of nitrogens with one attached hydrogen (secondary N) is 1. The van der Waals surface area contributed by atoms with Crippen LogP contribution in [0.25, 0.3) is 0 Å². The molecule has 0 radical (unpaired) electrons. The Labute approximate surface area is 156 Å². The third kappa shape index (κ3) is 3.99. The van der Waals surface area contributed by atoms with Gasteiger partial charge in [0.2, 0.25) is 0 Å². The van der Waals surface area contributed by atoms with Gasteiger partial charge in [-0.05, 0) is 44.5 Å². The fourth-order valence-electron chi connectivity index (χ4n) is 2.71. The molecule has 0 spiro atoms. The highest BCUT2D eigenvalue weighted by atomic mass is 79.9. The van der Waals surface area contributed by atoms with Gasteiger partial charge in [-0.1, -0.05) is 51.8 Å². The summed E-state index contributed by atoms with van der Waals surface area (Å²) in [4.78, 5) is 12.5. The van der Waals surface area contributed by atoms with Gasteiger partial charge >= 0.3 is 0 Å². The van der Waals surface area contributed by atoms with Gasteiger partial charge in [0.15, 0.2) is 0 Å². The monoisotopic (exact) mass is 397 g/mol. The topological polar surface area (TPSA) is 46.9 Å². The molecule has 4 nitrogen and oxygen atoms in total. The highest BCUT2D eigenvalue weighted by Gasteiger charge is 2.15. The molecule has 0 saturated carbocycles. The molecule has 0 fully saturated rings. The molecule has 0 aliphatic heterocycles. The number of carbonyl (C=O) groups excluding carboxylic acids is 1. The van der Waals surface area contributed by atoms with Crippen molar-refractivity contribution in [2.24, 2.45) is 0 Å². The van der Waals surface area contributed by atoms with E-state index in [2.05, 4.69) is 57.5 Å². The predicted molar refractivity (Wildman–Crippen MR) is 104 cm³/mol. The van der Waals surface area contributed by atoms with Crippen molar-refractivity contribution >= 4 is 27.5 Å². The normalized spacial score (nSPS) is 10.7. The first-order valence-corrected chi connectivity index (χ1v) is 8.90. The summed E-state index contributed by atoms with van der Waals surface area (Å²) in [7, 11) is 0. The average Bonchev–Trinajstić information content (AvgIpc) is 2.84. The number of hydrogen-bond donors (Lipinski definition) is 1. The minimum absolute atomic E-state index is 0.137. The summed E-state index contributed by atoms with van der Waals surface area (Å²) in [5, 5.41) is 7.58. The number of aromatic nitrogens is 2. The van der Waals surface area contributed by atoms with E-state index in [1.165, 1.54) is 11.1 Å². The molecule has 0 bridgehead atoms. The molecule has 0 aliphatic carbocycles. The van der Waals surface area contributed by atoms with Gasteiger partial charge < -0.3 is 5.32 Å². The van der Waals surface area contributed by atoms with E-state index in [9.17, 15) is 4.79 Å². The Morgan fingerprint density at radius 3 is 2.52 bits per heavy atom. The highest BCUT2D eigenvalue weighted by Crippen LogP contribution is 2.22. The Morgan fingerprint density at radius 2 is 1.84 bits per heavy atom. The van der Waals surface area contributed by atoms with E-state index in [-0.39, 0.29) is 5.91 Å². The van der Waals surface area contributed by atoms with Gasteiger partial charge in [-0.3, -0.25) is 9.48 Å². The Kier molecular flexibility index (Phi) is 5.04. The summed E-state index contributed by atoms with van der Waals surface area (Å²) in [6, 6.07) is 15.7. The lowest BCUT2D eigenvalue weighted by Gasteiger charge is -2.08. The first-order valence-electron chi connectivity index (χ1n) is 8.10. The van der Waals surface area contributed by atoms with Gasteiger partial charge in [-0.2, -0.15) is 5.10 Å². The molecule has 0 aliphatic rings. The van der Waals surface area contributed by atoms with Crippen molar-refractivity contribution in [3.63, 3.8) is 0 Å². The Bertz CT molecular complexity index is 913. The Balaban J connectivity index is 1.82. The van der Waals surface area contributed by atoms with Crippen molar-refractivity contribution in [2.75, 3.05) is 5.32 Å². The molecule has 5 heteroatoms. The molecular formula is C20H20BrN3O. The van der Waals surface area contributed by atoms with Crippen molar-refractivity contribution in [3.05, 3.63) is 81.1 Å². The summed E-state index contributed by atoms with van der Waals surface area (Å²) in [6.45, 7) is 6.64. The SMILES string of the molecule is Cc1ccc(Cn2nc(C)c(NC(=O)c3cccc(Br)c3)c2C)cc1. The molecule has 1 amide bonds. The third-order valence-electron chi connectivity index (χ3n) is 4.16. The number of hydrogen-bond acceptors (Lipinski definition) is 2. The van der Waals surface area contributed by atoms with Crippen LogP contribution in [0.3, 0.4) is 0 Å². The van der Waals surface area contributed by atoms with Crippen molar-refractivity contribution in [3.8, 4) is 0 Å². The number of aryl methyl sites for hydroxylation is 2. The summed E-state index contributed by atoms with van der Waals surface area (Å²) < 4.78 is 2.81. The standard InChI is InChI=1S/C20H20BrN3O/c1-13-7-9-16(10-8-13)12-24-15(3)19(14(2)23-24)22-20(25)17-5-4-6-18(21)11-17/h4-11H,12H2,1-3H3,(H,22,25). The van der Waals surface area contributed by atoms with Gasteiger partial charge in [-0.15, -0.1) is 0 Å². The number of benzene rings is 2. The van der Waals surface area contributed by atoms with Gasteiger partial charge in [0.25, 0.3) is 5.91 Å². The quantitative estimate of drug-likeness (QED) is 0.682. The summed E-state index contributed by atoms with van der Waals surface area (Å²) >= 11 is 3.39. The van der Waals surface area contributed by atoms with Crippen molar-refractivity contribution < 1.29 is 4.79 Å². The van der Waals surface area contributed by atoms with E-state index in [4.69, 9.17) is 0 Å². The van der Waals surface area contributed by atoms with Gasteiger partial charge in [0.1, 0.15) is 0 Å². The molecule has 3 aromatic rings. The number of rotatable bonds is 4. The van der Waals surface area contributed by atoms with Crippen molar-refractivity contribution in [1.82, 2.24) is 9.78 Å². The highest BCUT2D eigenvalue weighted by molar-refractivity contribution is 9.10. The fraction of sp³-hybridized carbons (Fsp3) is 0.200. The van der Waals surface area contributed by atoms with Crippen molar-refractivity contribution in [1.29, 1.82) is 0 Å². The second kappa shape index (κ2) is 7.23. The maximum absolute atomic E-state index is 12.5. The molecule has 0 unspecified atom stereocenters. The van der Waals surface area contributed by atoms with Crippen LogP contribution in [0.1, 0.15) is 32.9 Å². The first-order chi connectivity index (χ1) is 11.9. The van der Waals surface area contributed by atoms with Crippen LogP contribution in [0.2, 0.25) is 0 Å².